The summed E-state index contributed by atoms with van der Waals surface area (Å²) in [7, 11) is 1.15. The maximum Gasteiger partial charge on any atom is 0.573 e. The molecule has 0 aliphatic carbocycles. The molecule has 4 rings (SSSR count). The number of hydrogen-bond acceptors (Lipinski definition) is 5. The fourth-order valence-electron chi connectivity index (χ4n) is 4.59. The molecule has 1 fully saturated rings. The van der Waals surface area contributed by atoms with Gasteiger partial charge in [-0.05, 0) is 36.4 Å². The van der Waals surface area contributed by atoms with Crippen molar-refractivity contribution in [2.75, 3.05) is 18.6 Å². The van der Waals surface area contributed by atoms with Crippen molar-refractivity contribution in [3.05, 3.63) is 87.8 Å². The Morgan fingerprint density at radius 3 is 2.16 bits per heavy atom. The second kappa shape index (κ2) is 11.9. The zero-order valence-electron chi connectivity index (χ0n) is 21.9. The molecule has 0 unspecified atom stereocenters. The molecule has 0 bridgehead atoms. The Labute approximate surface area is 237 Å². The van der Waals surface area contributed by atoms with Crippen molar-refractivity contribution >= 4 is 17.5 Å². The molecular formula is C27H21F8N3O5. The molecular weight excluding hydrogens is 598 g/mol. The van der Waals surface area contributed by atoms with Gasteiger partial charge < -0.3 is 24.3 Å². The molecule has 43 heavy (non-hydrogen) atoms. The number of ether oxygens (including phenoxy) is 2. The maximum absolute atomic E-state index is 15.1. The van der Waals surface area contributed by atoms with Gasteiger partial charge in [0.25, 0.3) is 11.5 Å². The van der Waals surface area contributed by atoms with Gasteiger partial charge in [0.1, 0.15) is 34.9 Å². The van der Waals surface area contributed by atoms with Crippen molar-refractivity contribution in [3.63, 3.8) is 0 Å². The number of carbonyl (C=O) groups excluding carboxylic acids is 2. The molecule has 0 spiro atoms. The lowest BCUT2D eigenvalue weighted by Crippen LogP contribution is -2.44. The van der Waals surface area contributed by atoms with Crippen molar-refractivity contribution < 1.29 is 54.2 Å². The van der Waals surface area contributed by atoms with Crippen LogP contribution in [0.3, 0.4) is 0 Å². The summed E-state index contributed by atoms with van der Waals surface area (Å²) >= 11 is 0. The number of hydrogen-bond donors (Lipinski definition) is 1. The quantitative estimate of drug-likeness (QED) is 0.362. The van der Waals surface area contributed by atoms with Crippen LogP contribution in [0.15, 0.2) is 59.5 Å². The smallest absolute Gasteiger partial charge is 0.497 e. The van der Waals surface area contributed by atoms with Gasteiger partial charge in [-0.15, -0.1) is 13.2 Å². The average molecular weight is 619 g/mol. The number of carbonyl (C=O) groups is 2. The number of methoxy groups -OCH3 is 1. The van der Waals surface area contributed by atoms with Crippen LogP contribution in [0.2, 0.25) is 0 Å². The van der Waals surface area contributed by atoms with Gasteiger partial charge in [0, 0.05) is 48.5 Å². The minimum absolute atomic E-state index is 0.197. The lowest BCUT2D eigenvalue weighted by Gasteiger charge is -2.20. The first kappa shape index (κ1) is 31.3. The standard InChI is InChI=1S/C27H21F8N3O5/c1-42-16-11-18(28)21(19(29)12-16)17-13-38(20-3-2-9-37(24(20)40)10-8-26(30,31)32)25(41)22(17)36-23(39)14-4-6-15(7-5-14)43-27(33,34)35/h2-7,9,11-12,17,22H,8,10,13H2,1H3,(H,36,39)/t17-,22-/m0/s1. The highest BCUT2D eigenvalue weighted by Crippen LogP contribution is 2.36. The molecule has 1 aliphatic rings. The zero-order valence-corrected chi connectivity index (χ0v) is 21.9. The predicted molar refractivity (Wildman–Crippen MR) is 134 cm³/mol. The number of alkyl halides is 6. The van der Waals surface area contributed by atoms with Gasteiger partial charge in [0.2, 0.25) is 5.91 Å². The van der Waals surface area contributed by atoms with E-state index in [0.29, 0.717) is 0 Å². The van der Waals surface area contributed by atoms with Gasteiger partial charge in [0.05, 0.1) is 13.5 Å². The molecule has 230 valence electrons. The van der Waals surface area contributed by atoms with Crippen LogP contribution in [0, 0.1) is 11.6 Å². The molecule has 8 nitrogen and oxygen atoms in total. The van der Waals surface area contributed by atoms with E-state index in [2.05, 4.69) is 10.1 Å². The second-order valence-corrected chi connectivity index (χ2v) is 9.34. The summed E-state index contributed by atoms with van der Waals surface area (Å²) in [5.74, 6) is -6.64. The fraction of sp³-hybridized carbons (Fsp3) is 0.296. The molecule has 2 amide bonds. The maximum atomic E-state index is 15.1. The van der Waals surface area contributed by atoms with Gasteiger partial charge in [-0.2, -0.15) is 13.2 Å². The number of rotatable bonds is 8. The lowest BCUT2D eigenvalue weighted by molar-refractivity contribution is -0.274. The molecule has 0 radical (unpaired) electrons. The molecule has 2 atom stereocenters. The van der Waals surface area contributed by atoms with E-state index < -0.39 is 90.0 Å². The van der Waals surface area contributed by atoms with Crippen molar-refractivity contribution in [1.82, 2.24) is 9.88 Å². The lowest BCUT2D eigenvalue weighted by atomic mass is 9.92. The Balaban J connectivity index is 1.70. The first-order valence-corrected chi connectivity index (χ1v) is 12.3. The van der Waals surface area contributed by atoms with Gasteiger partial charge in [-0.25, -0.2) is 8.78 Å². The Bertz CT molecular complexity index is 1550. The summed E-state index contributed by atoms with van der Waals surface area (Å²) < 4.78 is 115. The monoisotopic (exact) mass is 619 g/mol. The molecule has 2 heterocycles. The van der Waals surface area contributed by atoms with Crippen LogP contribution < -0.4 is 25.2 Å². The average Bonchev–Trinajstić information content (AvgIpc) is 3.21. The van der Waals surface area contributed by atoms with Crippen LogP contribution >= 0.6 is 0 Å². The van der Waals surface area contributed by atoms with Crippen LogP contribution in [0.25, 0.3) is 0 Å². The second-order valence-electron chi connectivity index (χ2n) is 9.34. The van der Waals surface area contributed by atoms with Gasteiger partial charge in [-0.3, -0.25) is 14.4 Å². The molecule has 16 heteroatoms. The van der Waals surface area contributed by atoms with E-state index in [0.717, 1.165) is 65.2 Å². The number of nitrogens with one attached hydrogen (secondary N) is 1. The van der Waals surface area contributed by atoms with Gasteiger partial charge >= 0.3 is 12.5 Å². The highest BCUT2D eigenvalue weighted by Gasteiger charge is 2.46. The van der Waals surface area contributed by atoms with Crippen molar-refractivity contribution in [2.45, 2.75) is 37.5 Å². The van der Waals surface area contributed by atoms with E-state index >= 15 is 8.78 Å². The minimum atomic E-state index is -4.99. The summed E-state index contributed by atoms with van der Waals surface area (Å²) in [6.45, 7) is -1.33. The third-order valence-corrected chi connectivity index (χ3v) is 6.54. The number of nitrogens with zero attached hydrogens (tertiary/aromatic N) is 2. The third-order valence-electron chi connectivity index (χ3n) is 6.54. The van der Waals surface area contributed by atoms with Gasteiger partial charge in [0.15, 0.2) is 0 Å². The Hall–Kier alpha value is -4.63. The number of aryl methyl sites for hydroxylation is 1. The molecule has 1 aromatic heterocycles. The Morgan fingerprint density at radius 1 is 0.977 bits per heavy atom. The summed E-state index contributed by atoms with van der Waals surface area (Å²) in [6.07, 6.45) is -9.85. The van der Waals surface area contributed by atoms with E-state index in [1.807, 2.05) is 0 Å². The van der Waals surface area contributed by atoms with Crippen LogP contribution in [-0.4, -0.2) is 48.6 Å². The molecule has 2 aromatic carbocycles. The first-order chi connectivity index (χ1) is 20.1. The molecule has 1 N–H and O–H groups in total. The van der Waals surface area contributed by atoms with Crippen molar-refractivity contribution in [1.29, 1.82) is 0 Å². The molecule has 1 aliphatic heterocycles. The number of halogens is 8. The minimum Gasteiger partial charge on any atom is -0.497 e. The SMILES string of the molecule is COc1cc(F)c([C@@H]2CN(c3cccn(CCC(F)(F)F)c3=O)C(=O)[C@H]2NC(=O)c2ccc(OC(F)(F)F)cc2)c(F)c1. The third kappa shape index (κ3) is 7.24. The van der Waals surface area contributed by atoms with Crippen LogP contribution in [0.5, 0.6) is 11.5 Å². The van der Waals surface area contributed by atoms with Crippen LogP contribution in [0.4, 0.5) is 40.8 Å². The molecule has 0 saturated carbocycles. The fourth-order valence-corrected chi connectivity index (χ4v) is 4.59. The Morgan fingerprint density at radius 2 is 1.60 bits per heavy atom. The van der Waals surface area contributed by atoms with Crippen molar-refractivity contribution in [3.8, 4) is 11.5 Å². The van der Waals surface area contributed by atoms with Crippen LogP contribution in [0.1, 0.15) is 28.3 Å². The topological polar surface area (TPSA) is 89.9 Å². The highest BCUT2D eigenvalue weighted by molar-refractivity contribution is 6.05. The summed E-state index contributed by atoms with van der Waals surface area (Å²) in [6, 6.07) is 5.86. The van der Waals surface area contributed by atoms with Gasteiger partial charge in [-0.1, -0.05) is 0 Å². The largest absolute Gasteiger partial charge is 0.573 e. The number of anilines is 1. The Kier molecular flexibility index (Phi) is 8.69. The molecule has 1 saturated heterocycles. The number of amides is 2. The number of pyridine rings is 1. The summed E-state index contributed by atoms with van der Waals surface area (Å²) in [4.78, 5) is 40.4. The van der Waals surface area contributed by atoms with E-state index in [4.69, 9.17) is 4.74 Å². The zero-order chi connectivity index (χ0) is 31.7. The van der Waals surface area contributed by atoms with E-state index in [1.54, 1.807) is 0 Å². The number of benzene rings is 2. The normalized spacial score (nSPS) is 17.2. The highest BCUT2D eigenvalue weighted by atomic mass is 19.4. The number of aromatic nitrogens is 1. The summed E-state index contributed by atoms with van der Waals surface area (Å²) in [5.41, 5.74) is -2.30. The first-order valence-electron chi connectivity index (χ1n) is 12.3. The van der Waals surface area contributed by atoms with Crippen LogP contribution in [-0.2, 0) is 11.3 Å². The summed E-state index contributed by atoms with van der Waals surface area (Å²) in [5, 5.41) is 2.31. The molecule has 3 aromatic rings. The van der Waals surface area contributed by atoms with E-state index in [-0.39, 0.29) is 11.3 Å². The van der Waals surface area contributed by atoms with Crippen molar-refractivity contribution in [2.24, 2.45) is 0 Å². The predicted octanol–water partition coefficient (Wildman–Crippen LogP) is 4.92. The van der Waals surface area contributed by atoms with E-state index in [1.165, 1.54) is 6.07 Å². The van der Waals surface area contributed by atoms with E-state index in [9.17, 15) is 40.7 Å².